The van der Waals surface area contributed by atoms with Crippen LogP contribution in [0.5, 0.6) is 0 Å². The average molecular weight is 486 g/mol. The highest BCUT2D eigenvalue weighted by atomic mass is 35.5. The lowest BCUT2D eigenvalue weighted by Gasteiger charge is -2.41. The SMILES string of the molecule is CCOC(=O)C(=O)Nc1ncc(Cl)c(C2CCC(O[Si](C)(C)C(C)(C)C)CC2)c1[N+](=O)[O-]. The molecule has 1 fully saturated rings. The van der Waals surface area contributed by atoms with Crippen LogP contribution in [0, 0.1) is 10.1 Å². The molecule has 0 atom stereocenters. The Kier molecular flexibility index (Phi) is 8.41. The average Bonchev–Trinajstić information content (AvgIpc) is 2.68. The molecular weight excluding hydrogens is 454 g/mol. The predicted octanol–water partition coefficient (Wildman–Crippen LogP) is 5.19. The monoisotopic (exact) mass is 485 g/mol. The number of nitro groups is 1. The number of hydrogen-bond donors (Lipinski definition) is 1. The summed E-state index contributed by atoms with van der Waals surface area (Å²) in [6, 6.07) is 0. The third-order valence-corrected chi connectivity index (χ3v) is 11.1. The third kappa shape index (κ3) is 6.05. The fourth-order valence-electron chi connectivity index (χ4n) is 3.58. The summed E-state index contributed by atoms with van der Waals surface area (Å²) in [4.78, 5) is 38.8. The summed E-state index contributed by atoms with van der Waals surface area (Å²) in [6.45, 7) is 12.6. The Morgan fingerprint density at radius 1 is 1.28 bits per heavy atom. The minimum absolute atomic E-state index is 0.00777. The van der Waals surface area contributed by atoms with Gasteiger partial charge in [-0.3, -0.25) is 20.2 Å². The number of esters is 1. The molecule has 11 heteroatoms. The first-order chi connectivity index (χ1) is 14.8. The predicted molar refractivity (Wildman–Crippen MR) is 124 cm³/mol. The van der Waals surface area contributed by atoms with Gasteiger partial charge in [-0.15, -0.1) is 0 Å². The van der Waals surface area contributed by atoms with E-state index >= 15 is 0 Å². The second-order valence-corrected chi connectivity index (χ2v) is 14.7. The Bertz CT molecular complexity index is 879. The molecule has 0 aromatic carbocycles. The molecule has 1 aromatic rings. The Morgan fingerprint density at radius 3 is 2.38 bits per heavy atom. The molecule has 0 aliphatic heterocycles. The molecule has 2 rings (SSSR count). The van der Waals surface area contributed by atoms with Crippen LogP contribution in [0.1, 0.15) is 64.9 Å². The Morgan fingerprint density at radius 2 is 1.88 bits per heavy atom. The molecule has 1 N–H and O–H groups in total. The molecule has 32 heavy (non-hydrogen) atoms. The van der Waals surface area contributed by atoms with Crippen LogP contribution in [0.2, 0.25) is 23.2 Å². The zero-order valence-electron chi connectivity index (χ0n) is 19.5. The maximum absolute atomic E-state index is 12.0. The number of hydrogen-bond acceptors (Lipinski definition) is 7. The summed E-state index contributed by atoms with van der Waals surface area (Å²) in [5.74, 6) is -2.75. The topological polar surface area (TPSA) is 121 Å². The minimum atomic E-state index is -1.91. The molecule has 1 aliphatic rings. The van der Waals surface area contributed by atoms with Crippen LogP contribution < -0.4 is 5.32 Å². The summed E-state index contributed by atoms with van der Waals surface area (Å²) >= 11 is 6.33. The van der Waals surface area contributed by atoms with Gasteiger partial charge in [-0.1, -0.05) is 32.4 Å². The first-order valence-corrected chi connectivity index (χ1v) is 14.1. The lowest BCUT2D eigenvalue weighted by Crippen LogP contribution is -2.44. The zero-order chi connectivity index (χ0) is 24.3. The summed E-state index contributed by atoms with van der Waals surface area (Å²) < 4.78 is 11.1. The van der Waals surface area contributed by atoms with E-state index in [2.05, 4.69) is 48.9 Å². The van der Waals surface area contributed by atoms with Gasteiger partial charge in [0.2, 0.25) is 5.82 Å². The van der Waals surface area contributed by atoms with Crippen molar-refractivity contribution in [2.24, 2.45) is 0 Å². The molecule has 0 spiro atoms. The lowest BCUT2D eigenvalue weighted by atomic mass is 9.82. The van der Waals surface area contributed by atoms with E-state index in [1.165, 1.54) is 6.20 Å². The second kappa shape index (κ2) is 10.3. The van der Waals surface area contributed by atoms with Crippen molar-refractivity contribution in [1.29, 1.82) is 0 Å². The van der Waals surface area contributed by atoms with Gasteiger partial charge >= 0.3 is 17.6 Å². The van der Waals surface area contributed by atoms with E-state index in [-0.39, 0.29) is 40.2 Å². The van der Waals surface area contributed by atoms with Crippen molar-refractivity contribution in [3.63, 3.8) is 0 Å². The lowest BCUT2D eigenvalue weighted by molar-refractivity contribution is -0.385. The van der Waals surface area contributed by atoms with Gasteiger partial charge in [0, 0.05) is 12.3 Å². The maximum Gasteiger partial charge on any atom is 0.397 e. The Hall–Kier alpha value is -2.04. The van der Waals surface area contributed by atoms with Crippen LogP contribution in [0.3, 0.4) is 0 Å². The molecule has 1 amide bonds. The van der Waals surface area contributed by atoms with Crippen molar-refractivity contribution in [2.75, 3.05) is 11.9 Å². The second-order valence-electron chi connectivity index (χ2n) is 9.50. The maximum atomic E-state index is 12.0. The van der Waals surface area contributed by atoms with Crippen molar-refractivity contribution in [3.05, 3.63) is 26.9 Å². The number of amides is 1. The fourth-order valence-corrected chi connectivity index (χ4v) is 5.29. The molecule has 0 saturated heterocycles. The number of pyridine rings is 1. The summed E-state index contributed by atoms with van der Waals surface area (Å²) in [6.07, 6.45) is 4.22. The number of nitrogens with one attached hydrogen (secondary N) is 1. The molecule has 1 heterocycles. The standard InChI is InChI=1S/C21H32ClN3O6Si/c1-7-30-20(27)19(26)24-18-17(25(28)29)16(15(22)12-23-18)13-8-10-14(11-9-13)31-32(5,6)21(2,3)4/h12-14H,7-11H2,1-6H3,(H,23,24,26). The van der Waals surface area contributed by atoms with E-state index in [0.717, 1.165) is 12.8 Å². The minimum Gasteiger partial charge on any atom is -0.459 e. The highest BCUT2D eigenvalue weighted by Gasteiger charge is 2.41. The number of rotatable bonds is 6. The van der Waals surface area contributed by atoms with Crippen LogP contribution in [-0.4, -0.2) is 42.8 Å². The molecule has 1 aliphatic carbocycles. The number of anilines is 1. The fraction of sp³-hybridized carbons (Fsp3) is 0.667. The van der Waals surface area contributed by atoms with Crippen molar-refractivity contribution in [2.45, 2.75) is 83.5 Å². The van der Waals surface area contributed by atoms with Gasteiger partial charge in [-0.2, -0.15) is 0 Å². The summed E-state index contributed by atoms with van der Waals surface area (Å²) in [5, 5.41) is 14.4. The smallest absolute Gasteiger partial charge is 0.397 e. The van der Waals surface area contributed by atoms with E-state index < -0.39 is 25.1 Å². The normalized spacial score (nSPS) is 19.3. The van der Waals surface area contributed by atoms with Gasteiger partial charge < -0.3 is 9.16 Å². The van der Waals surface area contributed by atoms with Crippen molar-refractivity contribution in [3.8, 4) is 0 Å². The molecule has 1 aromatic heterocycles. The van der Waals surface area contributed by atoms with Crippen LogP contribution >= 0.6 is 11.6 Å². The van der Waals surface area contributed by atoms with Gasteiger partial charge in [-0.25, -0.2) is 9.78 Å². The molecule has 0 radical (unpaired) electrons. The van der Waals surface area contributed by atoms with E-state index in [1.54, 1.807) is 6.92 Å². The van der Waals surface area contributed by atoms with Crippen LogP contribution in [0.15, 0.2) is 6.20 Å². The molecule has 0 bridgehead atoms. The number of ether oxygens (including phenoxy) is 1. The zero-order valence-corrected chi connectivity index (χ0v) is 21.2. The first kappa shape index (κ1) is 26.2. The number of halogens is 1. The van der Waals surface area contributed by atoms with E-state index in [9.17, 15) is 19.7 Å². The van der Waals surface area contributed by atoms with Crippen LogP contribution in [0.4, 0.5) is 11.5 Å². The molecule has 0 unspecified atom stereocenters. The van der Waals surface area contributed by atoms with Crippen LogP contribution in [-0.2, 0) is 18.8 Å². The molecule has 178 valence electrons. The molecule has 1 saturated carbocycles. The van der Waals surface area contributed by atoms with Gasteiger partial charge in [-0.05, 0) is 56.7 Å². The van der Waals surface area contributed by atoms with Gasteiger partial charge in [0.05, 0.1) is 22.1 Å². The Labute approximate surface area is 194 Å². The van der Waals surface area contributed by atoms with Gasteiger partial charge in [0.25, 0.3) is 0 Å². The molecule has 9 nitrogen and oxygen atoms in total. The number of carbonyl (C=O) groups is 2. The van der Waals surface area contributed by atoms with Crippen molar-refractivity contribution in [1.82, 2.24) is 4.98 Å². The summed E-state index contributed by atoms with van der Waals surface area (Å²) in [7, 11) is -1.91. The highest BCUT2D eigenvalue weighted by molar-refractivity contribution is 6.74. The number of aromatic nitrogens is 1. The first-order valence-electron chi connectivity index (χ1n) is 10.8. The van der Waals surface area contributed by atoms with E-state index in [4.69, 9.17) is 16.0 Å². The van der Waals surface area contributed by atoms with Crippen molar-refractivity contribution < 1.29 is 23.7 Å². The number of carbonyl (C=O) groups excluding carboxylic acids is 2. The number of nitrogens with zero attached hydrogens (tertiary/aromatic N) is 2. The quantitative estimate of drug-likeness (QED) is 0.193. The third-order valence-electron chi connectivity index (χ3n) is 6.27. The van der Waals surface area contributed by atoms with E-state index in [0.29, 0.717) is 18.4 Å². The molecular formula is C21H32ClN3O6Si. The highest BCUT2D eigenvalue weighted by Crippen LogP contribution is 2.45. The van der Waals surface area contributed by atoms with E-state index in [1.807, 2.05) is 0 Å². The van der Waals surface area contributed by atoms with Gasteiger partial charge in [0.15, 0.2) is 8.32 Å². The Balaban J connectivity index is 2.24. The van der Waals surface area contributed by atoms with Crippen molar-refractivity contribution >= 4 is 43.3 Å². The van der Waals surface area contributed by atoms with Gasteiger partial charge in [0.1, 0.15) is 0 Å². The largest absolute Gasteiger partial charge is 0.459 e. The summed E-state index contributed by atoms with van der Waals surface area (Å²) in [5.41, 5.74) is -0.0551. The van der Waals surface area contributed by atoms with Crippen LogP contribution in [0.25, 0.3) is 0 Å².